The number of ether oxygens (including phenoxy) is 1. The first-order chi connectivity index (χ1) is 9.35. The first kappa shape index (κ1) is 15.8. The SMILES string of the molecule is CCC(C)(C)C(=O)Nc1ccc(/C(N)=N/O)cc1OC. The van der Waals surface area contributed by atoms with Gasteiger partial charge in [-0.3, -0.25) is 4.79 Å². The zero-order valence-electron chi connectivity index (χ0n) is 12.2. The molecule has 6 heteroatoms. The van der Waals surface area contributed by atoms with E-state index in [1.54, 1.807) is 18.2 Å². The zero-order valence-corrected chi connectivity index (χ0v) is 12.2. The summed E-state index contributed by atoms with van der Waals surface area (Å²) in [4.78, 5) is 12.2. The Morgan fingerprint density at radius 3 is 2.65 bits per heavy atom. The smallest absolute Gasteiger partial charge is 0.230 e. The summed E-state index contributed by atoms with van der Waals surface area (Å²) in [7, 11) is 1.49. The molecule has 1 amide bonds. The maximum absolute atomic E-state index is 12.2. The van der Waals surface area contributed by atoms with Crippen LogP contribution in [-0.4, -0.2) is 24.1 Å². The van der Waals surface area contributed by atoms with Crippen LogP contribution in [0.3, 0.4) is 0 Å². The largest absolute Gasteiger partial charge is 0.495 e. The Morgan fingerprint density at radius 2 is 2.15 bits per heavy atom. The average molecular weight is 279 g/mol. The van der Waals surface area contributed by atoms with Gasteiger partial charge in [0.25, 0.3) is 0 Å². The first-order valence-electron chi connectivity index (χ1n) is 6.33. The molecule has 0 spiro atoms. The Kier molecular flexibility index (Phi) is 4.96. The molecule has 0 aliphatic carbocycles. The second-order valence-electron chi connectivity index (χ2n) is 5.09. The summed E-state index contributed by atoms with van der Waals surface area (Å²) >= 11 is 0. The van der Waals surface area contributed by atoms with Crippen LogP contribution in [0.15, 0.2) is 23.4 Å². The van der Waals surface area contributed by atoms with Crippen molar-refractivity contribution in [3.63, 3.8) is 0 Å². The second kappa shape index (κ2) is 6.27. The van der Waals surface area contributed by atoms with Crippen molar-refractivity contribution < 1.29 is 14.7 Å². The van der Waals surface area contributed by atoms with Crippen molar-refractivity contribution in [1.82, 2.24) is 0 Å². The zero-order chi connectivity index (χ0) is 15.3. The van der Waals surface area contributed by atoms with Gasteiger partial charge in [0.15, 0.2) is 5.84 Å². The first-order valence-corrected chi connectivity index (χ1v) is 6.33. The molecule has 0 radical (unpaired) electrons. The van der Waals surface area contributed by atoms with Crippen molar-refractivity contribution in [2.24, 2.45) is 16.3 Å². The van der Waals surface area contributed by atoms with Gasteiger partial charge >= 0.3 is 0 Å². The van der Waals surface area contributed by atoms with E-state index in [9.17, 15) is 4.79 Å². The van der Waals surface area contributed by atoms with Gasteiger partial charge in [0.05, 0.1) is 12.8 Å². The maximum atomic E-state index is 12.2. The molecule has 0 bridgehead atoms. The predicted octanol–water partition coefficient (Wildman–Crippen LogP) is 2.16. The van der Waals surface area contributed by atoms with Crippen LogP contribution in [0.25, 0.3) is 0 Å². The van der Waals surface area contributed by atoms with E-state index in [4.69, 9.17) is 15.7 Å². The molecule has 0 aliphatic rings. The number of rotatable bonds is 5. The number of benzene rings is 1. The molecule has 0 aromatic heterocycles. The summed E-state index contributed by atoms with van der Waals surface area (Å²) in [6, 6.07) is 4.91. The van der Waals surface area contributed by atoms with Gasteiger partial charge in [0.2, 0.25) is 5.91 Å². The van der Waals surface area contributed by atoms with E-state index in [0.29, 0.717) is 17.0 Å². The monoisotopic (exact) mass is 279 g/mol. The number of hydrogen-bond acceptors (Lipinski definition) is 4. The fraction of sp³-hybridized carbons (Fsp3) is 0.429. The van der Waals surface area contributed by atoms with Crippen molar-refractivity contribution in [2.75, 3.05) is 12.4 Å². The van der Waals surface area contributed by atoms with E-state index in [1.807, 2.05) is 20.8 Å². The number of amidine groups is 1. The Balaban J connectivity index is 3.06. The minimum atomic E-state index is -0.463. The number of carbonyl (C=O) groups is 1. The minimum Gasteiger partial charge on any atom is -0.495 e. The highest BCUT2D eigenvalue weighted by Crippen LogP contribution is 2.28. The molecule has 0 heterocycles. The molecule has 0 saturated heterocycles. The number of amides is 1. The van der Waals surface area contributed by atoms with Crippen molar-refractivity contribution in [1.29, 1.82) is 0 Å². The van der Waals surface area contributed by atoms with E-state index in [-0.39, 0.29) is 11.7 Å². The van der Waals surface area contributed by atoms with Gasteiger partial charge in [0.1, 0.15) is 5.75 Å². The molecule has 1 aromatic carbocycles. The maximum Gasteiger partial charge on any atom is 0.230 e. The highest BCUT2D eigenvalue weighted by atomic mass is 16.5. The fourth-order valence-electron chi connectivity index (χ4n) is 1.46. The lowest BCUT2D eigenvalue weighted by Gasteiger charge is -2.22. The van der Waals surface area contributed by atoms with Crippen molar-refractivity contribution in [3.8, 4) is 5.75 Å². The standard InChI is InChI=1S/C14H21N3O3/c1-5-14(2,3)13(18)16-10-7-6-9(12(15)17-19)8-11(10)20-4/h6-8,19H,5H2,1-4H3,(H2,15,17)(H,16,18). The minimum absolute atomic E-state index is 0.0185. The lowest BCUT2D eigenvalue weighted by molar-refractivity contribution is -0.124. The highest BCUT2D eigenvalue weighted by Gasteiger charge is 2.26. The number of nitrogens with zero attached hydrogens (tertiary/aromatic N) is 1. The molecule has 0 fully saturated rings. The molecule has 0 unspecified atom stereocenters. The lowest BCUT2D eigenvalue weighted by Crippen LogP contribution is -2.30. The van der Waals surface area contributed by atoms with Crippen LogP contribution >= 0.6 is 0 Å². The van der Waals surface area contributed by atoms with Crippen molar-refractivity contribution >= 4 is 17.4 Å². The molecule has 0 saturated carbocycles. The number of methoxy groups -OCH3 is 1. The van der Waals surface area contributed by atoms with Crippen LogP contribution in [0.5, 0.6) is 5.75 Å². The summed E-state index contributed by atoms with van der Waals surface area (Å²) in [5, 5.41) is 14.4. The Morgan fingerprint density at radius 1 is 1.50 bits per heavy atom. The van der Waals surface area contributed by atoms with Gasteiger partial charge in [-0.25, -0.2) is 0 Å². The number of hydrogen-bond donors (Lipinski definition) is 3. The van der Waals surface area contributed by atoms with Gasteiger partial charge in [-0.05, 0) is 24.6 Å². The van der Waals surface area contributed by atoms with E-state index in [2.05, 4.69) is 10.5 Å². The predicted molar refractivity (Wildman–Crippen MR) is 78.2 cm³/mol. The Labute approximate surface area is 118 Å². The third kappa shape index (κ3) is 3.40. The lowest BCUT2D eigenvalue weighted by atomic mass is 9.89. The Hall–Kier alpha value is -2.24. The van der Waals surface area contributed by atoms with Crippen LogP contribution in [0, 0.1) is 5.41 Å². The highest BCUT2D eigenvalue weighted by molar-refractivity contribution is 6.00. The van der Waals surface area contributed by atoms with Crippen molar-refractivity contribution in [3.05, 3.63) is 23.8 Å². The molecular formula is C14H21N3O3. The summed E-state index contributed by atoms with van der Waals surface area (Å²) in [6.07, 6.45) is 0.726. The number of anilines is 1. The van der Waals surface area contributed by atoms with Gasteiger partial charge in [-0.2, -0.15) is 0 Å². The number of oxime groups is 1. The molecule has 0 atom stereocenters. The molecule has 4 N–H and O–H groups in total. The van der Waals surface area contributed by atoms with E-state index >= 15 is 0 Å². The Bertz CT molecular complexity index is 524. The van der Waals surface area contributed by atoms with Crippen LogP contribution in [0.4, 0.5) is 5.69 Å². The molecule has 6 nitrogen and oxygen atoms in total. The summed E-state index contributed by atoms with van der Waals surface area (Å²) in [5.41, 5.74) is 6.11. The van der Waals surface area contributed by atoms with Crippen LogP contribution < -0.4 is 15.8 Å². The summed E-state index contributed by atoms with van der Waals surface area (Å²) in [6.45, 7) is 5.71. The molecule has 1 rings (SSSR count). The van der Waals surface area contributed by atoms with Gasteiger partial charge in [-0.1, -0.05) is 25.9 Å². The topological polar surface area (TPSA) is 96.9 Å². The van der Waals surface area contributed by atoms with Crippen LogP contribution in [0.1, 0.15) is 32.8 Å². The van der Waals surface area contributed by atoms with Crippen molar-refractivity contribution in [2.45, 2.75) is 27.2 Å². The summed E-state index contributed by atoms with van der Waals surface area (Å²) < 4.78 is 5.22. The normalized spacial score (nSPS) is 12.1. The number of nitrogens with one attached hydrogen (secondary N) is 1. The number of nitrogens with two attached hydrogens (primary N) is 1. The molecular weight excluding hydrogens is 258 g/mol. The molecule has 110 valence electrons. The van der Waals surface area contributed by atoms with Crippen LogP contribution in [-0.2, 0) is 4.79 Å². The van der Waals surface area contributed by atoms with E-state index in [1.165, 1.54) is 7.11 Å². The fourth-order valence-corrected chi connectivity index (χ4v) is 1.46. The van der Waals surface area contributed by atoms with Gasteiger partial charge in [-0.15, -0.1) is 0 Å². The van der Waals surface area contributed by atoms with E-state index in [0.717, 1.165) is 6.42 Å². The van der Waals surface area contributed by atoms with Gasteiger partial charge in [0, 0.05) is 11.0 Å². The second-order valence-corrected chi connectivity index (χ2v) is 5.09. The third-order valence-electron chi connectivity index (χ3n) is 3.35. The quantitative estimate of drug-likeness (QED) is 0.333. The molecule has 20 heavy (non-hydrogen) atoms. The third-order valence-corrected chi connectivity index (χ3v) is 3.35. The molecule has 1 aromatic rings. The van der Waals surface area contributed by atoms with E-state index < -0.39 is 5.41 Å². The molecule has 0 aliphatic heterocycles. The summed E-state index contributed by atoms with van der Waals surface area (Å²) in [5.74, 6) is 0.347. The van der Waals surface area contributed by atoms with Crippen LogP contribution in [0.2, 0.25) is 0 Å². The van der Waals surface area contributed by atoms with Gasteiger partial charge < -0.3 is 21.0 Å². The average Bonchev–Trinajstić information content (AvgIpc) is 2.46. The number of carbonyl (C=O) groups excluding carboxylic acids is 1.